The first-order valence-corrected chi connectivity index (χ1v) is 4.85. The van der Waals surface area contributed by atoms with Crippen LogP contribution < -0.4 is 16.6 Å². The van der Waals surface area contributed by atoms with E-state index >= 15 is 0 Å². The van der Waals surface area contributed by atoms with Crippen LogP contribution in [0.2, 0.25) is 0 Å². The van der Waals surface area contributed by atoms with Crippen molar-refractivity contribution in [2.75, 3.05) is 12.1 Å². The van der Waals surface area contributed by atoms with Crippen molar-refractivity contribution in [3.05, 3.63) is 38.9 Å². The molecule has 0 unspecified atom stereocenters. The van der Waals surface area contributed by atoms with Gasteiger partial charge in [0, 0.05) is 0 Å². The second-order valence-corrected chi connectivity index (χ2v) is 3.17. The molecule has 0 amide bonds. The summed E-state index contributed by atoms with van der Waals surface area (Å²) in [6.45, 7) is 2.27. The molecule has 0 aliphatic heterocycles. The Hall–Kier alpha value is -2.08. The number of aromatic nitrogens is 2. The van der Waals surface area contributed by atoms with Gasteiger partial charge in [0.2, 0.25) is 0 Å². The van der Waals surface area contributed by atoms with Crippen LogP contribution in [0.15, 0.2) is 27.8 Å². The quantitative estimate of drug-likeness (QED) is 0.661. The summed E-state index contributed by atoms with van der Waals surface area (Å²) in [5.74, 6) is 0. The number of anilines is 1. The lowest BCUT2D eigenvalue weighted by Crippen LogP contribution is -2.20. The van der Waals surface area contributed by atoms with Crippen LogP contribution in [-0.4, -0.2) is 16.8 Å². The first kappa shape index (κ1) is 10.4. The number of rotatable bonds is 3. The molecule has 0 atom stereocenters. The van der Waals surface area contributed by atoms with Crippen molar-refractivity contribution in [2.45, 2.75) is 6.92 Å². The average molecular weight is 221 g/mol. The van der Waals surface area contributed by atoms with Crippen LogP contribution in [0.1, 0.15) is 6.92 Å². The minimum Gasteiger partial charge on any atom is -0.276 e. The fourth-order valence-corrected chi connectivity index (χ4v) is 1.46. The van der Waals surface area contributed by atoms with E-state index in [4.69, 9.17) is 4.84 Å². The van der Waals surface area contributed by atoms with E-state index in [1.807, 2.05) is 6.92 Å². The Bertz CT molecular complexity index is 614. The van der Waals surface area contributed by atoms with Gasteiger partial charge in [0.1, 0.15) is 0 Å². The Kier molecular flexibility index (Phi) is 2.74. The molecule has 0 aliphatic rings. The van der Waals surface area contributed by atoms with Gasteiger partial charge < -0.3 is 0 Å². The van der Waals surface area contributed by atoms with Crippen molar-refractivity contribution in [2.24, 2.45) is 0 Å². The number of nitrogens with one attached hydrogen (secondary N) is 3. The van der Waals surface area contributed by atoms with Crippen molar-refractivity contribution in [3.63, 3.8) is 0 Å². The topological polar surface area (TPSA) is 87.0 Å². The molecule has 1 heterocycles. The summed E-state index contributed by atoms with van der Waals surface area (Å²) in [5, 5.41) is 5.15. The van der Waals surface area contributed by atoms with Crippen LogP contribution in [-0.2, 0) is 4.84 Å². The molecule has 2 rings (SSSR count). The van der Waals surface area contributed by atoms with E-state index in [-0.39, 0.29) is 11.1 Å². The van der Waals surface area contributed by atoms with Crippen molar-refractivity contribution in [1.29, 1.82) is 0 Å². The van der Waals surface area contributed by atoms with Gasteiger partial charge in [-0.05, 0) is 19.1 Å². The fraction of sp³-hybridized carbons (Fsp3) is 0.200. The molecule has 0 radical (unpaired) electrons. The third-order valence-electron chi connectivity index (χ3n) is 2.15. The highest BCUT2D eigenvalue weighted by Crippen LogP contribution is 2.16. The van der Waals surface area contributed by atoms with Gasteiger partial charge in [-0.25, -0.2) is 0 Å². The van der Waals surface area contributed by atoms with Gasteiger partial charge in [-0.15, -0.1) is 0 Å². The van der Waals surface area contributed by atoms with E-state index in [0.717, 1.165) is 0 Å². The van der Waals surface area contributed by atoms with Crippen LogP contribution in [0.25, 0.3) is 10.8 Å². The lowest BCUT2D eigenvalue weighted by molar-refractivity contribution is 0.211. The third kappa shape index (κ3) is 1.70. The summed E-state index contributed by atoms with van der Waals surface area (Å²) < 4.78 is 0. The van der Waals surface area contributed by atoms with E-state index < -0.39 is 0 Å². The summed E-state index contributed by atoms with van der Waals surface area (Å²) in [6.07, 6.45) is 0. The first-order valence-electron chi connectivity index (χ1n) is 4.85. The molecule has 0 aliphatic carbocycles. The van der Waals surface area contributed by atoms with Crippen LogP contribution in [0, 0.1) is 0 Å². The largest absolute Gasteiger partial charge is 0.276 e. The maximum Gasteiger partial charge on any atom is 0.272 e. The van der Waals surface area contributed by atoms with Gasteiger partial charge in [0.15, 0.2) is 0 Å². The zero-order valence-electron chi connectivity index (χ0n) is 8.66. The van der Waals surface area contributed by atoms with Gasteiger partial charge in [-0.1, -0.05) is 6.07 Å². The number of fused-ring (bicyclic) bond motifs is 1. The molecule has 0 spiro atoms. The normalized spacial score (nSPS) is 10.6. The van der Waals surface area contributed by atoms with Gasteiger partial charge in [0.05, 0.1) is 23.1 Å². The average Bonchev–Trinajstić information content (AvgIpc) is 2.31. The zero-order valence-corrected chi connectivity index (χ0v) is 8.66. The molecule has 16 heavy (non-hydrogen) atoms. The molecule has 3 N–H and O–H groups in total. The number of aromatic amines is 2. The van der Waals surface area contributed by atoms with Crippen molar-refractivity contribution in [1.82, 2.24) is 10.2 Å². The van der Waals surface area contributed by atoms with Crippen LogP contribution in [0.4, 0.5) is 5.69 Å². The Labute approximate surface area is 90.2 Å². The van der Waals surface area contributed by atoms with E-state index in [1.165, 1.54) is 0 Å². The fourth-order valence-electron chi connectivity index (χ4n) is 1.46. The monoisotopic (exact) mass is 221 g/mol. The maximum absolute atomic E-state index is 11.6. The van der Waals surface area contributed by atoms with Crippen molar-refractivity contribution < 1.29 is 4.84 Å². The SMILES string of the molecule is CCONc1cccc2c(=O)[nH][nH]c(=O)c12. The summed E-state index contributed by atoms with van der Waals surface area (Å²) >= 11 is 0. The van der Waals surface area contributed by atoms with Crippen molar-refractivity contribution in [3.8, 4) is 0 Å². The minimum absolute atomic E-state index is 0.291. The molecule has 0 bridgehead atoms. The molecular formula is C10H11N3O3. The molecule has 84 valence electrons. The summed E-state index contributed by atoms with van der Waals surface area (Å²) in [7, 11) is 0. The molecule has 2 aromatic rings. The Morgan fingerprint density at radius 3 is 2.75 bits per heavy atom. The Morgan fingerprint density at radius 1 is 1.25 bits per heavy atom. The molecule has 1 aromatic carbocycles. The smallest absolute Gasteiger partial charge is 0.272 e. The lowest BCUT2D eigenvalue weighted by Gasteiger charge is -2.06. The van der Waals surface area contributed by atoms with Gasteiger partial charge in [-0.3, -0.25) is 30.1 Å². The summed E-state index contributed by atoms with van der Waals surface area (Å²) in [5.41, 5.74) is 2.41. The standard InChI is InChI=1S/C10H11N3O3/c1-2-16-13-7-5-3-4-6-8(7)10(15)12-11-9(6)14/h3-5,13H,2H2,1H3,(H,11,14)(H,12,15). The molecule has 6 nitrogen and oxygen atoms in total. The predicted molar refractivity (Wildman–Crippen MR) is 60.4 cm³/mol. The number of H-pyrrole nitrogens is 2. The lowest BCUT2D eigenvalue weighted by atomic mass is 10.1. The molecule has 1 aromatic heterocycles. The highest BCUT2D eigenvalue weighted by Gasteiger charge is 2.07. The number of hydrogen-bond acceptors (Lipinski definition) is 4. The Morgan fingerprint density at radius 2 is 2.00 bits per heavy atom. The highest BCUT2D eigenvalue weighted by molar-refractivity contribution is 5.91. The highest BCUT2D eigenvalue weighted by atomic mass is 16.6. The van der Waals surface area contributed by atoms with Gasteiger partial charge in [-0.2, -0.15) is 0 Å². The van der Waals surface area contributed by atoms with E-state index in [1.54, 1.807) is 18.2 Å². The van der Waals surface area contributed by atoms with E-state index in [9.17, 15) is 9.59 Å². The zero-order chi connectivity index (χ0) is 11.5. The van der Waals surface area contributed by atoms with Crippen LogP contribution >= 0.6 is 0 Å². The summed E-state index contributed by atoms with van der Waals surface area (Å²) in [4.78, 5) is 28.1. The minimum atomic E-state index is -0.364. The van der Waals surface area contributed by atoms with Gasteiger partial charge >= 0.3 is 0 Å². The van der Waals surface area contributed by atoms with E-state index in [2.05, 4.69) is 15.7 Å². The maximum atomic E-state index is 11.6. The second-order valence-electron chi connectivity index (χ2n) is 3.17. The van der Waals surface area contributed by atoms with Gasteiger partial charge in [0.25, 0.3) is 11.1 Å². The van der Waals surface area contributed by atoms with Crippen molar-refractivity contribution >= 4 is 16.5 Å². The third-order valence-corrected chi connectivity index (χ3v) is 2.15. The van der Waals surface area contributed by atoms with Crippen LogP contribution in [0.3, 0.4) is 0 Å². The Balaban J connectivity index is 2.71. The molecule has 0 saturated carbocycles. The molecule has 0 saturated heterocycles. The number of hydrogen-bond donors (Lipinski definition) is 3. The van der Waals surface area contributed by atoms with Crippen LogP contribution in [0.5, 0.6) is 0 Å². The predicted octanol–water partition coefficient (Wildman–Crippen LogP) is 0.580. The summed E-state index contributed by atoms with van der Waals surface area (Å²) in [6, 6.07) is 4.94. The van der Waals surface area contributed by atoms with E-state index in [0.29, 0.717) is 23.1 Å². The molecular weight excluding hydrogens is 210 g/mol. The molecule has 6 heteroatoms. The molecule has 0 fully saturated rings. The first-order chi connectivity index (χ1) is 7.74. The number of benzene rings is 1. The second kappa shape index (κ2) is 4.19.